The molecule has 1 N–H and O–H groups in total. The lowest BCUT2D eigenvalue weighted by molar-refractivity contribution is -0.136. The van der Waals surface area contributed by atoms with Crippen molar-refractivity contribution in [1.29, 1.82) is 0 Å². The van der Waals surface area contributed by atoms with Gasteiger partial charge < -0.3 is 19.5 Å². The highest BCUT2D eigenvalue weighted by molar-refractivity contribution is 7.17. The van der Waals surface area contributed by atoms with Gasteiger partial charge in [-0.1, -0.05) is 23.7 Å². The number of hydrogen-bond acceptors (Lipinski definition) is 4. The van der Waals surface area contributed by atoms with Crippen molar-refractivity contribution in [2.75, 3.05) is 38.0 Å². The molecule has 7 heteroatoms. The van der Waals surface area contributed by atoms with Crippen LogP contribution in [-0.4, -0.2) is 43.8 Å². The summed E-state index contributed by atoms with van der Waals surface area (Å²) in [5.41, 5.74) is 7.47. The average Bonchev–Trinajstić information content (AvgIpc) is 3.39. The zero-order valence-electron chi connectivity index (χ0n) is 20.7. The molecule has 0 saturated heterocycles. The number of nitrogens with zero attached hydrogens (tertiary/aromatic N) is 3. The Balaban J connectivity index is 1.65. The Labute approximate surface area is 219 Å². The fourth-order valence-electron chi connectivity index (χ4n) is 4.62. The minimum Gasteiger partial charge on any atom is -0.481 e. The Morgan fingerprint density at radius 2 is 1.61 bits per heavy atom. The quantitative estimate of drug-likeness (QED) is 0.253. The summed E-state index contributed by atoms with van der Waals surface area (Å²) in [5, 5.41) is 14.5. The number of rotatable bonds is 7. The highest BCUT2D eigenvalue weighted by atomic mass is 35.5. The number of benzene rings is 3. The molecule has 5 nitrogen and oxygen atoms in total. The third-order valence-electron chi connectivity index (χ3n) is 6.53. The van der Waals surface area contributed by atoms with Crippen molar-refractivity contribution < 1.29 is 9.90 Å². The van der Waals surface area contributed by atoms with E-state index in [0.29, 0.717) is 11.6 Å². The first-order chi connectivity index (χ1) is 17.2. The maximum atomic E-state index is 11.6. The van der Waals surface area contributed by atoms with E-state index < -0.39 is 5.97 Å². The van der Waals surface area contributed by atoms with Crippen LogP contribution < -0.4 is 9.80 Å². The maximum Gasteiger partial charge on any atom is 0.307 e. The van der Waals surface area contributed by atoms with Crippen molar-refractivity contribution in [3.63, 3.8) is 0 Å². The molecule has 0 saturated carbocycles. The van der Waals surface area contributed by atoms with Crippen LogP contribution in [0, 0.1) is 0 Å². The van der Waals surface area contributed by atoms with Crippen molar-refractivity contribution >= 4 is 61.3 Å². The fraction of sp³-hybridized carbons (Fsp3) is 0.207. The molecular formula is C29H28ClN3O2S. The van der Waals surface area contributed by atoms with Crippen LogP contribution in [0.1, 0.15) is 11.1 Å². The van der Waals surface area contributed by atoms with Crippen LogP contribution in [0.25, 0.3) is 32.1 Å². The molecule has 184 valence electrons. The van der Waals surface area contributed by atoms with E-state index in [9.17, 15) is 9.90 Å². The molecule has 2 aromatic heterocycles. The second-order valence-corrected chi connectivity index (χ2v) is 10.9. The Kier molecular flexibility index (Phi) is 6.41. The number of carboxylic acids is 1. The number of anilines is 2. The van der Waals surface area contributed by atoms with Crippen molar-refractivity contribution in [1.82, 2.24) is 4.57 Å². The Morgan fingerprint density at radius 1 is 0.889 bits per heavy atom. The van der Waals surface area contributed by atoms with Crippen LogP contribution in [0.2, 0.25) is 5.02 Å². The largest absolute Gasteiger partial charge is 0.481 e. The summed E-state index contributed by atoms with van der Waals surface area (Å²) >= 11 is 7.99. The predicted molar refractivity (Wildman–Crippen MR) is 153 cm³/mol. The van der Waals surface area contributed by atoms with Crippen molar-refractivity contribution in [2.45, 2.75) is 13.0 Å². The van der Waals surface area contributed by atoms with E-state index in [1.165, 1.54) is 10.3 Å². The molecule has 0 aliphatic carbocycles. The van der Waals surface area contributed by atoms with Gasteiger partial charge in [-0.2, -0.15) is 0 Å². The zero-order valence-corrected chi connectivity index (χ0v) is 22.3. The number of aliphatic carboxylic acids is 1. The normalized spacial score (nSPS) is 11.4. The number of hydrogen-bond donors (Lipinski definition) is 1. The van der Waals surface area contributed by atoms with E-state index >= 15 is 0 Å². The van der Waals surface area contributed by atoms with Gasteiger partial charge in [0.05, 0.1) is 6.42 Å². The Hall–Kier alpha value is -3.48. The molecule has 0 unspecified atom stereocenters. The van der Waals surface area contributed by atoms with Gasteiger partial charge in [0.15, 0.2) is 0 Å². The van der Waals surface area contributed by atoms with Crippen LogP contribution in [0.3, 0.4) is 0 Å². The molecule has 0 aliphatic rings. The minimum absolute atomic E-state index is 0.0139. The van der Waals surface area contributed by atoms with Gasteiger partial charge >= 0.3 is 5.97 Å². The lowest BCUT2D eigenvalue weighted by Crippen LogP contribution is -2.12. The topological polar surface area (TPSA) is 48.7 Å². The summed E-state index contributed by atoms with van der Waals surface area (Å²) in [4.78, 5) is 15.8. The molecule has 36 heavy (non-hydrogen) atoms. The van der Waals surface area contributed by atoms with Crippen molar-refractivity contribution in [2.24, 2.45) is 0 Å². The van der Waals surface area contributed by atoms with E-state index in [1.54, 1.807) is 11.3 Å². The third kappa shape index (κ3) is 4.66. The van der Waals surface area contributed by atoms with Crippen molar-refractivity contribution in [3.05, 3.63) is 82.3 Å². The number of thiophene rings is 1. The summed E-state index contributed by atoms with van der Waals surface area (Å²) in [6.45, 7) is 0.639. The molecule has 0 amide bonds. The first-order valence-electron chi connectivity index (χ1n) is 11.7. The second-order valence-electron chi connectivity index (χ2n) is 9.51. The smallest absolute Gasteiger partial charge is 0.307 e. The molecule has 0 spiro atoms. The van der Waals surface area contributed by atoms with Gasteiger partial charge in [0.1, 0.15) is 0 Å². The van der Waals surface area contributed by atoms with Crippen LogP contribution in [0.5, 0.6) is 0 Å². The monoisotopic (exact) mass is 517 g/mol. The summed E-state index contributed by atoms with van der Waals surface area (Å²) < 4.78 is 3.36. The molecule has 0 aliphatic heterocycles. The SMILES string of the molecule is CN(C)c1cc(-c2ccc3c(CC(=O)O)cn(Cc4csc5ccc(Cl)cc45)c3c2)cc(N(C)C)c1. The van der Waals surface area contributed by atoms with E-state index in [0.717, 1.165) is 44.4 Å². The van der Waals surface area contributed by atoms with Gasteiger partial charge in [0.2, 0.25) is 0 Å². The molecule has 0 fully saturated rings. The van der Waals surface area contributed by atoms with Gasteiger partial charge in [-0.25, -0.2) is 0 Å². The van der Waals surface area contributed by atoms with E-state index in [2.05, 4.69) is 56.1 Å². The molecule has 0 bridgehead atoms. The predicted octanol–water partition coefficient (Wildman–Crippen LogP) is 6.98. The van der Waals surface area contributed by atoms with E-state index in [4.69, 9.17) is 11.6 Å². The number of halogens is 1. The molecule has 3 aromatic carbocycles. The summed E-state index contributed by atoms with van der Waals surface area (Å²) in [6.07, 6.45) is 1.97. The Morgan fingerprint density at radius 3 is 2.28 bits per heavy atom. The van der Waals surface area contributed by atoms with E-state index in [-0.39, 0.29) is 6.42 Å². The minimum atomic E-state index is -0.833. The highest BCUT2D eigenvalue weighted by Crippen LogP contribution is 2.35. The van der Waals surface area contributed by atoms with Gasteiger partial charge in [-0.15, -0.1) is 11.3 Å². The number of fused-ring (bicyclic) bond motifs is 2. The van der Waals surface area contributed by atoms with Gasteiger partial charge in [-0.05, 0) is 75.5 Å². The number of carbonyl (C=O) groups is 1. The van der Waals surface area contributed by atoms with Gasteiger partial charge in [0, 0.05) is 72.9 Å². The van der Waals surface area contributed by atoms with Gasteiger partial charge in [0.25, 0.3) is 0 Å². The molecule has 5 aromatic rings. The second kappa shape index (κ2) is 9.52. The molecular weight excluding hydrogens is 490 g/mol. The molecule has 5 rings (SSSR count). The Bertz CT molecular complexity index is 1570. The van der Waals surface area contributed by atoms with Crippen LogP contribution >= 0.6 is 22.9 Å². The highest BCUT2D eigenvalue weighted by Gasteiger charge is 2.15. The molecule has 0 radical (unpaired) electrons. The third-order valence-corrected chi connectivity index (χ3v) is 7.78. The summed E-state index contributed by atoms with van der Waals surface area (Å²) in [7, 11) is 8.18. The first-order valence-corrected chi connectivity index (χ1v) is 12.9. The zero-order chi connectivity index (χ0) is 25.6. The molecule has 0 atom stereocenters. The number of carboxylic acid groups (broad SMARTS) is 1. The maximum absolute atomic E-state index is 11.6. The standard InChI is InChI=1S/C29H28ClN3O2S/c1-31(2)23-9-19(10-24(14-23)32(3)4)18-5-7-25-20(12-29(34)35)15-33(27(25)11-18)16-21-17-36-28-8-6-22(30)13-26(21)28/h5-11,13-15,17H,12,16H2,1-4H3,(H,34,35). The van der Waals surface area contributed by atoms with Crippen LogP contribution in [-0.2, 0) is 17.8 Å². The average molecular weight is 518 g/mol. The van der Waals surface area contributed by atoms with Crippen molar-refractivity contribution in [3.8, 4) is 11.1 Å². The van der Waals surface area contributed by atoms with E-state index in [1.807, 2.05) is 52.6 Å². The summed E-state index contributed by atoms with van der Waals surface area (Å²) in [6, 6.07) is 18.8. The lowest BCUT2D eigenvalue weighted by Gasteiger charge is -2.20. The fourth-order valence-corrected chi connectivity index (χ4v) is 5.73. The first kappa shape index (κ1) is 24.2. The van der Waals surface area contributed by atoms with Crippen LogP contribution in [0.4, 0.5) is 11.4 Å². The number of aromatic nitrogens is 1. The summed E-state index contributed by atoms with van der Waals surface area (Å²) in [5.74, 6) is -0.833. The van der Waals surface area contributed by atoms with Gasteiger partial charge in [-0.3, -0.25) is 4.79 Å². The molecule has 2 heterocycles. The lowest BCUT2D eigenvalue weighted by atomic mass is 10.0. The van der Waals surface area contributed by atoms with Crippen LogP contribution in [0.15, 0.2) is 66.2 Å².